The van der Waals surface area contributed by atoms with Gasteiger partial charge in [0, 0.05) is 26.1 Å². The molecule has 2 fully saturated rings. The van der Waals surface area contributed by atoms with Gasteiger partial charge in [-0.3, -0.25) is 9.69 Å². The Kier molecular flexibility index (Phi) is 3.81. The molecular formula is C18H23N3O2. The summed E-state index contributed by atoms with van der Waals surface area (Å²) >= 11 is 0. The van der Waals surface area contributed by atoms with Crippen LogP contribution < -0.4 is 0 Å². The fourth-order valence-corrected chi connectivity index (χ4v) is 4.00. The van der Waals surface area contributed by atoms with Gasteiger partial charge < -0.3 is 9.80 Å². The van der Waals surface area contributed by atoms with Gasteiger partial charge in [-0.1, -0.05) is 30.7 Å². The number of urea groups is 1. The van der Waals surface area contributed by atoms with Crippen molar-refractivity contribution in [2.75, 3.05) is 26.2 Å². The van der Waals surface area contributed by atoms with Gasteiger partial charge in [0.15, 0.2) is 0 Å². The number of piperidine rings is 1. The van der Waals surface area contributed by atoms with Gasteiger partial charge in [0.1, 0.15) is 6.04 Å². The van der Waals surface area contributed by atoms with Crippen molar-refractivity contribution in [3.05, 3.63) is 35.4 Å². The van der Waals surface area contributed by atoms with Crippen molar-refractivity contribution in [2.24, 2.45) is 0 Å². The van der Waals surface area contributed by atoms with Crippen molar-refractivity contribution in [3.63, 3.8) is 0 Å². The number of benzene rings is 1. The molecule has 122 valence electrons. The smallest absolute Gasteiger partial charge is 0.308 e. The Morgan fingerprint density at radius 1 is 0.957 bits per heavy atom. The molecule has 1 aromatic carbocycles. The maximum Gasteiger partial charge on any atom is 0.327 e. The van der Waals surface area contributed by atoms with E-state index in [0.29, 0.717) is 19.5 Å². The Balaban J connectivity index is 1.45. The molecule has 5 heteroatoms. The summed E-state index contributed by atoms with van der Waals surface area (Å²) in [6, 6.07) is 7.73. The number of carbonyl (C=O) groups is 2. The van der Waals surface area contributed by atoms with Crippen LogP contribution in [-0.2, 0) is 17.8 Å². The topological polar surface area (TPSA) is 43.9 Å². The zero-order valence-electron chi connectivity index (χ0n) is 13.4. The first kappa shape index (κ1) is 14.7. The van der Waals surface area contributed by atoms with E-state index in [1.807, 2.05) is 12.1 Å². The minimum absolute atomic E-state index is 0.0125. The molecule has 1 aromatic rings. The van der Waals surface area contributed by atoms with Gasteiger partial charge in [0.05, 0.1) is 0 Å². The minimum Gasteiger partial charge on any atom is -0.308 e. The second-order valence-electron chi connectivity index (χ2n) is 6.79. The third-order valence-electron chi connectivity index (χ3n) is 5.36. The summed E-state index contributed by atoms with van der Waals surface area (Å²) in [5.41, 5.74) is 2.37. The van der Waals surface area contributed by atoms with Crippen molar-refractivity contribution in [1.82, 2.24) is 14.7 Å². The van der Waals surface area contributed by atoms with E-state index >= 15 is 0 Å². The average molecular weight is 313 g/mol. The summed E-state index contributed by atoms with van der Waals surface area (Å²) in [5.74, 6) is -0.0125. The lowest BCUT2D eigenvalue weighted by Gasteiger charge is -2.29. The summed E-state index contributed by atoms with van der Waals surface area (Å²) in [7, 11) is 0. The Morgan fingerprint density at radius 3 is 2.48 bits per heavy atom. The van der Waals surface area contributed by atoms with E-state index < -0.39 is 0 Å². The predicted octanol–water partition coefficient (Wildman–Crippen LogP) is 1.86. The quantitative estimate of drug-likeness (QED) is 0.800. The lowest BCUT2D eigenvalue weighted by atomic mass is 9.95. The third-order valence-corrected chi connectivity index (χ3v) is 5.36. The van der Waals surface area contributed by atoms with E-state index in [9.17, 15) is 9.59 Å². The monoisotopic (exact) mass is 313 g/mol. The first-order valence-corrected chi connectivity index (χ1v) is 8.65. The number of hydrogen-bond acceptors (Lipinski definition) is 3. The van der Waals surface area contributed by atoms with Crippen LogP contribution in [0.3, 0.4) is 0 Å². The summed E-state index contributed by atoms with van der Waals surface area (Å²) in [5, 5.41) is 0. The standard InChI is InChI=1S/C18H23N3O2/c22-17-16-12-14-6-2-3-7-15(14)13-21(16)18(23)20(17)11-10-19-8-4-1-5-9-19/h2-3,6-7,16H,1,4-5,8-13H2/t16-/m1/s1. The maximum absolute atomic E-state index is 12.7. The molecule has 4 rings (SSSR count). The summed E-state index contributed by atoms with van der Waals surface area (Å²) in [4.78, 5) is 30.9. The van der Waals surface area contributed by atoms with Gasteiger partial charge in [-0.05, 0) is 37.1 Å². The highest BCUT2D eigenvalue weighted by Gasteiger charge is 2.46. The molecule has 0 saturated carbocycles. The molecule has 23 heavy (non-hydrogen) atoms. The highest BCUT2D eigenvalue weighted by atomic mass is 16.2. The first-order valence-electron chi connectivity index (χ1n) is 8.65. The molecule has 3 heterocycles. The fraction of sp³-hybridized carbons (Fsp3) is 0.556. The SMILES string of the molecule is O=C1[C@H]2Cc3ccccc3CN2C(=O)N1CCN1CCCCC1. The Morgan fingerprint density at radius 2 is 1.70 bits per heavy atom. The second-order valence-corrected chi connectivity index (χ2v) is 6.79. The van der Waals surface area contributed by atoms with Crippen LogP contribution in [0.1, 0.15) is 30.4 Å². The van der Waals surface area contributed by atoms with E-state index in [-0.39, 0.29) is 18.0 Å². The van der Waals surface area contributed by atoms with Crippen LogP contribution in [0.4, 0.5) is 4.79 Å². The zero-order chi connectivity index (χ0) is 15.8. The van der Waals surface area contributed by atoms with Crippen molar-refractivity contribution in [1.29, 1.82) is 0 Å². The van der Waals surface area contributed by atoms with Crippen molar-refractivity contribution < 1.29 is 9.59 Å². The molecule has 3 aliphatic heterocycles. The van der Waals surface area contributed by atoms with Crippen LogP contribution in [0.5, 0.6) is 0 Å². The molecule has 0 spiro atoms. The molecule has 3 aliphatic rings. The van der Waals surface area contributed by atoms with Gasteiger partial charge in [0.25, 0.3) is 5.91 Å². The predicted molar refractivity (Wildman–Crippen MR) is 86.9 cm³/mol. The fourth-order valence-electron chi connectivity index (χ4n) is 4.00. The zero-order valence-corrected chi connectivity index (χ0v) is 13.4. The Hall–Kier alpha value is -1.88. The highest BCUT2D eigenvalue weighted by Crippen LogP contribution is 2.29. The molecule has 1 atom stereocenters. The highest BCUT2D eigenvalue weighted by molar-refractivity contribution is 6.04. The van der Waals surface area contributed by atoms with E-state index in [2.05, 4.69) is 17.0 Å². The summed E-state index contributed by atoms with van der Waals surface area (Å²) in [6.45, 7) is 4.08. The Bertz CT molecular complexity index is 581. The molecule has 0 bridgehead atoms. The second kappa shape index (κ2) is 5.96. The molecule has 0 aromatic heterocycles. The number of rotatable bonds is 3. The molecular weight excluding hydrogens is 290 g/mol. The largest absolute Gasteiger partial charge is 0.327 e. The van der Waals surface area contributed by atoms with Crippen LogP contribution in [-0.4, -0.2) is 58.9 Å². The maximum atomic E-state index is 12.7. The van der Waals surface area contributed by atoms with Crippen LogP contribution in [0.15, 0.2) is 24.3 Å². The van der Waals surface area contributed by atoms with Gasteiger partial charge in [-0.25, -0.2) is 4.79 Å². The molecule has 0 unspecified atom stereocenters. The molecule has 3 amide bonds. The van der Waals surface area contributed by atoms with Crippen molar-refractivity contribution >= 4 is 11.9 Å². The molecule has 0 radical (unpaired) electrons. The number of fused-ring (bicyclic) bond motifs is 2. The van der Waals surface area contributed by atoms with Crippen LogP contribution in [0.2, 0.25) is 0 Å². The number of amides is 3. The van der Waals surface area contributed by atoms with Gasteiger partial charge >= 0.3 is 6.03 Å². The lowest BCUT2D eigenvalue weighted by molar-refractivity contribution is -0.128. The van der Waals surface area contributed by atoms with E-state index in [0.717, 1.165) is 19.6 Å². The molecule has 5 nitrogen and oxygen atoms in total. The number of hydrogen-bond donors (Lipinski definition) is 0. The first-order chi connectivity index (χ1) is 11.2. The minimum atomic E-state index is -0.293. The van der Waals surface area contributed by atoms with Crippen LogP contribution in [0, 0.1) is 0 Å². The summed E-state index contributed by atoms with van der Waals surface area (Å²) < 4.78 is 0. The van der Waals surface area contributed by atoms with Gasteiger partial charge in [-0.2, -0.15) is 0 Å². The average Bonchev–Trinajstić information content (AvgIpc) is 2.83. The molecule has 2 saturated heterocycles. The van der Waals surface area contributed by atoms with Crippen molar-refractivity contribution in [2.45, 2.75) is 38.3 Å². The van der Waals surface area contributed by atoms with Gasteiger partial charge in [-0.15, -0.1) is 0 Å². The number of imide groups is 1. The van der Waals surface area contributed by atoms with Crippen LogP contribution >= 0.6 is 0 Å². The number of carbonyl (C=O) groups excluding carboxylic acids is 2. The number of nitrogens with zero attached hydrogens (tertiary/aromatic N) is 3. The molecule has 0 N–H and O–H groups in total. The normalized spacial score (nSPS) is 24.8. The third kappa shape index (κ3) is 2.63. The Labute approximate surface area is 136 Å². The number of likely N-dealkylation sites (tertiary alicyclic amines) is 1. The van der Waals surface area contributed by atoms with E-state index in [1.54, 1.807) is 4.90 Å². The van der Waals surface area contributed by atoms with E-state index in [4.69, 9.17) is 0 Å². The van der Waals surface area contributed by atoms with E-state index in [1.165, 1.54) is 35.3 Å². The van der Waals surface area contributed by atoms with Crippen molar-refractivity contribution in [3.8, 4) is 0 Å². The molecule has 0 aliphatic carbocycles. The lowest BCUT2D eigenvalue weighted by Crippen LogP contribution is -2.41. The van der Waals surface area contributed by atoms with Gasteiger partial charge in [0.2, 0.25) is 0 Å². The van der Waals surface area contributed by atoms with Crippen LogP contribution in [0.25, 0.3) is 0 Å². The summed E-state index contributed by atoms with van der Waals surface area (Å²) in [6.07, 6.45) is 4.41.